The number of hydrogen-bond acceptors (Lipinski definition) is 4. The smallest absolute Gasteiger partial charge is 0.350 e. The molecule has 0 aliphatic heterocycles. The fraction of sp³-hybridized carbons (Fsp3) is 0.312. The summed E-state index contributed by atoms with van der Waals surface area (Å²) in [7, 11) is 1.38. The van der Waals surface area contributed by atoms with Gasteiger partial charge in [0.25, 0.3) is 0 Å². The van der Waals surface area contributed by atoms with E-state index >= 15 is 0 Å². The van der Waals surface area contributed by atoms with E-state index in [1.54, 1.807) is 0 Å². The number of aryl methyl sites for hydroxylation is 1. The highest BCUT2D eigenvalue weighted by Crippen LogP contribution is 2.40. The van der Waals surface area contributed by atoms with E-state index < -0.39 is 0 Å². The van der Waals surface area contributed by atoms with E-state index in [2.05, 4.69) is 26.0 Å². The third-order valence-corrected chi connectivity index (χ3v) is 4.68. The van der Waals surface area contributed by atoms with E-state index in [1.807, 2.05) is 12.1 Å². The Labute approximate surface area is 123 Å². The molecule has 0 saturated carbocycles. The molecule has 1 aromatic carbocycles. The number of benzene rings is 1. The fourth-order valence-electron chi connectivity index (χ4n) is 2.34. The summed E-state index contributed by atoms with van der Waals surface area (Å²) in [4.78, 5) is 13.4. The molecule has 0 spiro atoms. The quantitative estimate of drug-likeness (QED) is 0.868. The molecule has 0 unspecified atom stereocenters. The van der Waals surface area contributed by atoms with Gasteiger partial charge in [-0.2, -0.15) is 0 Å². The van der Waals surface area contributed by atoms with Crippen molar-refractivity contribution in [3.05, 3.63) is 40.3 Å². The van der Waals surface area contributed by atoms with E-state index in [9.17, 15) is 4.79 Å². The normalized spacial score (nSPS) is 10.6. The van der Waals surface area contributed by atoms with E-state index in [4.69, 9.17) is 10.5 Å². The predicted octanol–water partition coefficient (Wildman–Crippen LogP) is 3.91. The molecular formula is C16H19NO2S. The van der Waals surface area contributed by atoms with Gasteiger partial charge in [0.2, 0.25) is 0 Å². The SMILES string of the molecule is CCc1ccccc1-c1sc(C(=O)OC)c(N)c1CC. The number of esters is 1. The van der Waals surface area contributed by atoms with Crippen LogP contribution in [0.15, 0.2) is 24.3 Å². The summed E-state index contributed by atoms with van der Waals surface area (Å²) in [6.45, 7) is 4.18. The molecule has 0 aliphatic rings. The van der Waals surface area contributed by atoms with Crippen molar-refractivity contribution in [2.45, 2.75) is 26.7 Å². The third-order valence-electron chi connectivity index (χ3n) is 3.42. The highest BCUT2D eigenvalue weighted by atomic mass is 32.1. The molecule has 1 aromatic heterocycles. The van der Waals surface area contributed by atoms with Crippen LogP contribution in [0.2, 0.25) is 0 Å². The van der Waals surface area contributed by atoms with Crippen molar-refractivity contribution in [2.75, 3.05) is 12.8 Å². The topological polar surface area (TPSA) is 52.3 Å². The minimum Gasteiger partial charge on any atom is -0.465 e. The van der Waals surface area contributed by atoms with Crippen LogP contribution in [0, 0.1) is 0 Å². The van der Waals surface area contributed by atoms with Crippen LogP contribution in [0.5, 0.6) is 0 Å². The fourth-order valence-corrected chi connectivity index (χ4v) is 3.63. The standard InChI is InChI=1S/C16H19NO2S/c1-4-10-8-6-7-9-12(10)14-11(5-2)13(17)15(20-14)16(18)19-3/h6-9H,4-5,17H2,1-3H3. The second-order valence-electron chi connectivity index (χ2n) is 4.51. The Balaban J connectivity index is 2.65. The molecule has 106 valence electrons. The lowest BCUT2D eigenvalue weighted by Gasteiger charge is -2.08. The highest BCUT2D eigenvalue weighted by Gasteiger charge is 2.22. The van der Waals surface area contributed by atoms with E-state index in [0.717, 1.165) is 23.3 Å². The highest BCUT2D eigenvalue weighted by molar-refractivity contribution is 7.18. The predicted molar refractivity (Wildman–Crippen MR) is 84.3 cm³/mol. The lowest BCUT2D eigenvalue weighted by atomic mass is 10.00. The Bertz CT molecular complexity index is 631. The van der Waals surface area contributed by atoms with Crippen molar-refractivity contribution in [3.8, 4) is 10.4 Å². The third kappa shape index (κ3) is 2.43. The Morgan fingerprint density at radius 1 is 1.25 bits per heavy atom. The molecular weight excluding hydrogens is 270 g/mol. The van der Waals surface area contributed by atoms with Gasteiger partial charge >= 0.3 is 5.97 Å². The molecule has 0 radical (unpaired) electrons. The van der Waals surface area contributed by atoms with E-state index in [0.29, 0.717) is 10.6 Å². The van der Waals surface area contributed by atoms with Gasteiger partial charge in [-0.25, -0.2) is 4.79 Å². The molecule has 2 N–H and O–H groups in total. The van der Waals surface area contributed by atoms with Crippen LogP contribution >= 0.6 is 11.3 Å². The lowest BCUT2D eigenvalue weighted by Crippen LogP contribution is -2.02. The van der Waals surface area contributed by atoms with Crippen LogP contribution in [-0.4, -0.2) is 13.1 Å². The van der Waals surface area contributed by atoms with Crippen molar-refractivity contribution in [1.82, 2.24) is 0 Å². The zero-order valence-corrected chi connectivity index (χ0v) is 12.8. The second-order valence-corrected chi connectivity index (χ2v) is 5.53. The number of carbonyl (C=O) groups is 1. The van der Waals surface area contributed by atoms with Crippen LogP contribution in [0.3, 0.4) is 0 Å². The molecule has 0 amide bonds. The number of methoxy groups -OCH3 is 1. The molecule has 0 aliphatic carbocycles. The summed E-state index contributed by atoms with van der Waals surface area (Å²) in [5.41, 5.74) is 10.2. The van der Waals surface area contributed by atoms with Gasteiger partial charge in [0.1, 0.15) is 4.88 Å². The van der Waals surface area contributed by atoms with Crippen LogP contribution in [0.25, 0.3) is 10.4 Å². The van der Waals surface area contributed by atoms with Gasteiger partial charge in [-0.3, -0.25) is 0 Å². The number of nitrogen functional groups attached to an aromatic ring is 1. The van der Waals surface area contributed by atoms with Crippen molar-refractivity contribution in [2.24, 2.45) is 0 Å². The van der Waals surface area contributed by atoms with Gasteiger partial charge in [0, 0.05) is 4.88 Å². The Hall–Kier alpha value is -1.81. The van der Waals surface area contributed by atoms with Gasteiger partial charge in [-0.1, -0.05) is 38.1 Å². The number of thiophene rings is 1. The molecule has 0 atom stereocenters. The van der Waals surface area contributed by atoms with E-state index in [-0.39, 0.29) is 5.97 Å². The molecule has 0 saturated heterocycles. The molecule has 2 aromatic rings. The Morgan fingerprint density at radius 2 is 1.95 bits per heavy atom. The average Bonchev–Trinajstić information content (AvgIpc) is 2.82. The maximum Gasteiger partial charge on any atom is 0.350 e. The summed E-state index contributed by atoms with van der Waals surface area (Å²) in [6.07, 6.45) is 1.75. The minimum atomic E-state index is -0.359. The van der Waals surface area contributed by atoms with Gasteiger partial charge in [0.05, 0.1) is 12.8 Å². The van der Waals surface area contributed by atoms with Crippen molar-refractivity contribution in [1.29, 1.82) is 0 Å². The second kappa shape index (κ2) is 6.09. The number of hydrogen-bond donors (Lipinski definition) is 1. The van der Waals surface area contributed by atoms with Gasteiger partial charge < -0.3 is 10.5 Å². The molecule has 0 fully saturated rings. The van der Waals surface area contributed by atoms with Crippen molar-refractivity contribution >= 4 is 23.0 Å². The van der Waals surface area contributed by atoms with Crippen molar-refractivity contribution < 1.29 is 9.53 Å². The maximum absolute atomic E-state index is 11.8. The number of carbonyl (C=O) groups excluding carboxylic acids is 1. The van der Waals surface area contributed by atoms with Crippen LogP contribution in [0.4, 0.5) is 5.69 Å². The van der Waals surface area contributed by atoms with Gasteiger partial charge in [-0.05, 0) is 29.5 Å². The maximum atomic E-state index is 11.8. The molecule has 3 nitrogen and oxygen atoms in total. The summed E-state index contributed by atoms with van der Waals surface area (Å²) in [6, 6.07) is 8.25. The number of rotatable bonds is 4. The van der Waals surface area contributed by atoms with Crippen molar-refractivity contribution in [3.63, 3.8) is 0 Å². The van der Waals surface area contributed by atoms with Crippen LogP contribution in [0.1, 0.15) is 34.6 Å². The Morgan fingerprint density at radius 3 is 2.55 bits per heavy atom. The number of ether oxygens (including phenoxy) is 1. The monoisotopic (exact) mass is 289 g/mol. The summed E-state index contributed by atoms with van der Waals surface area (Å²) in [5.74, 6) is -0.359. The average molecular weight is 289 g/mol. The lowest BCUT2D eigenvalue weighted by molar-refractivity contribution is 0.0607. The zero-order valence-electron chi connectivity index (χ0n) is 12.0. The molecule has 2 rings (SSSR count). The van der Waals surface area contributed by atoms with Crippen LogP contribution in [-0.2, 0) is 17.6 Å². The zero-order chi connectivity index (χ0) is 14.7. The first-order chi connectivity index (χ1) is 9.63. The molecule has 4 heteroatoms. The summed E-state index contributed by atoms with van der Waals surface area (Å²) in [5, 5.41) is 0. The largest absolute Gasteiger partial charge is 0.465 e. The Kier molecular flexibility index (Phi) is 4.45. The molecule has 0 bridgehead atoms. The number of nitrogens with two attached hydrogens (primary N) is 1. The van der Waals surface area contributed by atoms with Gasteiger partial charge in [0.15, 0.2) is 0 Å². The minimum absolute atomic E-state index is 0.359. The van der Waals surface area contributed by atoms with Gasteiger partial charge in [-0.15, -0.1) is 11.3 Å². The first kappa shape index (κ1) is 14.6. The van der Waals surface area contributed by atoms with E-state index in [1.165, 1.54) is 29.6 Å². The van der Waals surface area contributed by atoms with Crippen LogP contribution < -0.4 is 5.73 Å². The molecule has 20 heavy (non-hydrogen) atoms. The summed E-state index contributed by atoms with van der Waals surface area (Å²) < 4.78 is 4.81. The number of anilines is 1. The first-order valence-corrected chi connectivity index (χ1v) is 7.53. The first-order valence-electron chi connectivity index (χ1n) is 6.71. The molecule has 1 heterocycles. The summed E-state index contributed by atoms with van der Waals surface area (Å²) >= 11 is 1.43.